The maximum Gasteiger partial charge on any atom is 0.240 e. The van der Waals surface area contributed by atoms with E-state index in [9.17, 15) is 8.42 Å². The van der Waals surface area contributed by atoms with E-state index >= 15 is 0 Å². The zero-order chi connectivity index (χ0) is 14.9. The normalized spacial score (nSPS) is 11.9. The van der Waals surface area contributed by atoms with E-state index in [1.165, 1.54) is 12.1 Å². The molecule has 0 saturated carbocycles. The highest BCUT2D eigenvalue weighted by Gasteiger charge is 2.14. The summed E-state index contributed by atoms with van der Waals surface area (Å²) in [6, 6.07) is 16.1. The smallest absolute Gasteiger partial charge is 0.207 e. The van der Waals surface area contributed by atoms with Crippen molar-refractivity contribution in [2.24, 2.45) is 0 Å². The zero-order valence-electron chi connectivity index (χ0n) is 10.9. The zero-order valence-corrected chi connectivity index (χ0v) is 13.3. The van der Waals surface area contributed by atoms with E-state index in [2.05, 4.69) is 4.72 Å². The van der Waals surface area contributed by atoms with Crippen molar-refractivity contribution in [3.63, 3.8) is 0 Å². The maximum atomic E-state index is 12.2. The standard InChI is InChI=1S/C15H12ClNO2S2/c16-12-5-7-14(8-6-12)21(18,19)17-10-13-9-11-3-1-2-4-15(11)20-13/h1-9,17H,10H2. The average molecular weight is 338 g/mol. The minimum atomic E-state index is -3.51. The number of hydrogen-bond donors (Lipinski definition) is 1. The highest BCUT2D eigenvalue weighted by atomic mass is 35.5. The van der Waals surface area contributed by atoms with Gasteiger partial charge >= 0.3 is 0 Å². The summed E-state index contributed by atoms with van der Waals surface area (Å²) in [6.07, 6.45) is 0. The van der Waals surface area contributed by atoms with Crippen molar-refractivity contribution >= 4 is 43.0 Å². The Bertz CT molecular complexity index is 837. The first kappa shape index (κ1) is 14.5. The second-order valence-electron chi connectivity index (χ2n) is 4.53. The van der Waals surface area contributed by atoms with Crippen LogP contribution in [0.15, 0.2) is 59.5 Å². The molecule has 3 rings (SSSR count). The molecule has 0 aliphatic carbocycles. The molecule has 0 unspecified atom stereocenters. The fourth-order valence-corrected chi connectivity index (χ4v) is 4.22. The molecule has 3 aromatic rings. The number of halogens is 1. The van der Waals surface area contributed by atoms with Crippen LogP contribution >= 0.6 is 22.9 Å². The molecule has 0 spiro atoms. The van der Waals surface area contributed by atoms with Crippen LogP contribution in [-0.4, -0.2) is 8.42 Å². The van der Waals surface area contributed by atoms with Crippen LogP contribution in [0, 0.1) is 0 Å². The van der Waals surface area contributed by atoms with E-state index < -0.39 is 10.0 Å². The molecule has 0 aliphatic rings. The molecule has 0 radical (unpaired) electrons. The van der Waals surface area contributed by atoms with Gasteiger partial charge in [-0.05, 0) is 41.8 Å². The summed E-state index contributed by atoms with van der Waals surface area (Å²) in [5, 5.41) is 1.64. The minimum Gasteiger partial charge on any atom is -0.207 e. The van der Waals surface area contributed by atoms with E-state index in [0.29, 0.717) is 5.02 Å². The third kappa shape index (κ3) is 3.27. The van der Waals surface area contributed by atoms with Crippen molar-refractivity contribution in [1.29, 1.82) is 0 Å². The van der Waals surface area contributed by atoms with Crippen LogP contribution in [0.4, 0.5) is 0 Å². The second-order valence-corrected chi connectivity index (χ2v) is 7.90. The van der Waals surface area contributed by atoms with Gasteiger partial charge in [-0.15, -0.1) is 11.3 Å². The summed E-state index contributed by atoms with van der Waals surface area (Å²) in [5.74, 6) is 0. The van der Waals surface area contributed by atoms with Crippen molar-refractivity contribution in [1.82, 2.24) is 4.72 Å². The van der Waals surface area contributed by atoms with Crippen LogP contribution in [0.3, 0.4) is 0 Å². The topological polar surface area (TPSA) is 46.2 Å². The molecule has 1 heterocycles. The van der Waals surface area contributed by atoms with E-state index in [1.54, 1.807) is 23.5 Å². The predicted octanol–water partition coefficient (Wildman–Crippen LogP) is 4.03. The monoisotopic (exact) mass is 337 g/mol. The van der Waals surface area contributed by atoms with Gasteiger partial charge in [0.05, 0.1) is 4.90 Å². The largest absolute Gasteiger partial charge is 0.240 e. The third-order valence-corrected chi connectivity index (χ3v) is 5.82. The molecule has 0 fully saturated rings. The van der Waals surface area contributed by atoms with Crippen LogP contribution < -0.4 is 4.72 Å². The second kappa shape index (κ2) is 5.77. The molecule has 0 aliphatic heterocycles. The first-order valence-electron chi connectivity index (χ1n) is 6.27. The van der Waals surface area contributed by atoms with Gasteiger partial charge in [0.2, 0.25) is 10.0 Å². The van der Waals surface area contributed by atoms with Crippen molar-refractivity contribution in [3.8, 4) is 0 Å². The summed E-state index contributed by atoms with van der Waals surface area (Å²) >= 11 is 7.35. The Morgan fingerprint density at radius 3 is 2.48 bits per heavy atom. The first-order valence-corrected chi connectivity index (χ1v) is 8.95. The molecule has 6 heteroatoms. The fraction of sp³-hybridized carbons (Fsp3) is 0.0667. The lowest BCUT2D eigenvalue weighted by Gasteiger charge is -2.05. The summed E-state index contributed by atoms with van der Waals surface area (Å²) < 4.78 is 28.1. The third-order valence-electron chi connectivity index (χ3n) is 3.04. The van der Waals surface area contributed by atoms with Crippen molar-refractivity contribution in [3.05, 3.63) is 64.5 Å². The quantitative estimate of drug-likeness (QED) is 0.781. The van der Waals surface area contributed by atoms with Gasteiger partial charge in [-0.2, -0.15) is 0 Å². The van der Waals surface area contributed by atoms with E-state index in [1.807, 2.05) is 30.3 Å². The number of benzene rings is 2. The number of hydrogen-bond acceptors (Lipinski definition) is 3. The number of nitrogens with one attached hydrogen (secondary N) is 1. The molecule has 108 valence electrons. The molecule has 3 nitrogen and oxygen atoms in total. The summed E-state index contributed by atoms with van der Waals surface area (Å²) in [5.41, 5.74) is 0. The molecule has 0 saturated heterocycles. The molecule has 1 N–H and O–H groups in total. The van der Waals surface area contributed by atoms with Gasteiger partial charge in [0.1, 0.15) is 0 Å². The van der Waals surface area contributed by atoms with Crippen LogP contribution in [0.25, 0.3) is 10.1 Å². The molecular weight excluding hydrogens is 326 g/mol. The highest BCUT2D eigenvalue weighted by molar-refractivity contribution is 7.89. The SMILES string of the molecule is O=S(=O)(NCc1cc2ccccc2s1)c1ccc(Cl)cc1. The van der Waals surface area contributed by atoms with Gasteiger partial charge in [0, 0.05) is 21.1 Å². The lowest BCUT2D eigenvalue weighted by atomic mass is 10.2. The Hall–Kier alpha value is -1.40. The van der Waals surface area contributed by atoms with Crippen LogP contribution in [-0.2, 0) is 16.6 Å². The summed E-state index contributed by atoms with van der Waals surface area (Å²) in [4.78, 5) is 1.20. The van der Waals surface area contributed by atoms with E-state index in [-0.39, 0.29) is 11.4 Å². The van der Waals surface area contributed by atoms with Crippen LogP contribution in [0.5, 0.6) is 0 Å². The number of sulfonamides is 1. The van der Waals surface area contributed by atoms with E-state index in [4.69, 9.17) is 11.6 Å². The fourth-order valence-electron chi connectivity index (χ4n) is 1.99. The number of thiophene rings is 1. The summed E-state index contributed by atoms with van der Waals surface area (Å²) in [6.45, 7) is 0.282. The Morgan fingerprint density at radius 1 is 1.05 bits per heavy atom. The Labute approximate surface area is 132 Å². The Morgan fingerprint density at radius 2 is 1.76 bits per heavy atom. The molecule has 0 amide bonds. The van der Waals surface area contributed by atoms with Crippen molar-refractivity contribution in [2.45, 2.75) is 11.4 Å². The number of rotatable bonds is 4. The number of fused-ring (bicyclic) bond motifs is 1. The predicted molar refractivity (Wildman–Crippen MR) is 87.3 cm³/mol. The molecule has 21 heavy (non-hydrogen) atoms. The lowest BCUT2D eigenvalue weighted by Crippen LogP contribution is -2.22. The van der Waals surface area contributed by atoms with Gasteiger partial charge in [-0.3, -0.25) is 0 Å². The molecular formula is C15H12ClNO2S2. The van der Waals surface area contributed by atoms with E-state index in [0.717, 1.165) is 15.0 Å². The van der Waals surface area contributed by atoms with Crippen LogP contribution in [0.1, 0.15) is 4.88 Å². The van der Waals surface area contributed by atoms with Crippen molar-refractivity contribution < 1.29 is 8.42 Å². The Balaban J connectivity index is 1.78. The first-order chi connectivity index (χ1) is 10.0. The van der Waals surface area contributed by atoms with Gasteiger partial charge < -0.3 is 0 Å². The van der Waals surface area contributed by atoms with Gasteiger partial charge in [0.15, 0.2) is 0 Å². The van der Waals surface area contributed by atoms with Crippen LogP contribution in [0.2, 0.25) is 5.02 Å². The molecule has 0 atom stereocenters. The van der Waals surface area contributed by atoms with Crippen molar-refractivity contribution in [2.75, 3.05) is 0 Å². The van der Waals surface area contributed by atoms with Gasteiger partial charge in [-0.1, -0.05) is 29.8 Å². The molecule has 0 bridgehead atoms. The average Bonchev–Trinajstić information content (AvgIpc) is 2.89. The maximum absolute atomic E-state index is 12.2. The lowest BCUT2D eigenvalue weighted by molar-refractivity contribution is 0.582. The minimum absolute atomic E-state index is 0.216. The van der Waals surface area contributed by atoms with Gasteiger partial charge in [-0.25, -0.2) is 13.1 Å². The summed E-state index contributed by atoms with van der Waals surface area (Å²) in [7, 11) is -3.51. The molecule has 1 aromatic heterocycles. The Kier molecular flexibility index (Phi) is 3.99. The highest BCUT2D eigenvalue weighted by Crippen LogP contribution is 2.25. The molecule has 2 aromatic carbocycles. The van der Waals surface area contributed by atoms with Gasteiger partial charge in [0.25, 0.3) is 0 Å².